The van der Waals surface area contributed by atoms with E-state index >= 15 is 0 Å². The van der Waals surface area contributed by atoms with Gasteiger partial charge in [0, 0.05) is 45.8 Å². The third-order valence-corrected chi connectivity index (χ3v) is 6.88. The average molecular weight is 382 g/mol. The van der Waals surface area contributed by atoms with Crippen molar-refractivity contribution in [1.82, 2.24) is 18.8 Å². The normalized spacial score (nSPS) is 19.5. The van der Waals surface area contributed by atoms with Gasteiger partial charge < -0.3 is 15.0 Å². The fraction of sp³-hybridized carbons (Fsp3) is 0.588. The Balaban J connectivity index is 1.47. The van der Waals surface area contributed by atoms with Gasteiger partial charge >= 0.3 is 6.03 Å². The highest BCUT2D eigenvalue weighted by Crippen LogP contribution is 2.18. The van der Waals surface area contributed by atoms with Crippen LogP contribution in [-0.4, -0.2) is 74.3 Å². The van der Waals surface area contributed by atoms with Gasteiger partial charge in [0.15, 0.2) is 0 Å². The summed E-state index contributed by atoms with van der Waals surface area (Å²) >= 11 is 0. The molecule has 3 rings (SSSR count). The van der Waals surface area contributed by atoms with E-state index in [4.69, 9.17) is 4.74 Å². The Bertz CT molecular complexity index is 709. The summed E-state index contributed by atoms with van der Waals surface area (Å²) in [6.07, 6.45) is 1.85. The van der Waals surface area contributed by atoms with Gasteiger partial charge in [0.05, 0.1) is 7.11 Å². The van der Waals surface area contributed by atoms with E-state index < -0.39 is 10.2 Å². The number of hydrogen-bond donors (Lipinski definition) is 1. The molecule has 2 fully saturated rings. The highest BCUT2D eigenvalue weighted by Gasteiger charge is 2.34. The van der Waals surface area contributed by atoms with E-state index in [2.05, 4.69) is 5.32 Å². The molecule has 2 heterocycles. The number of carbonyl (C=O) groups is 1. The molecule has 144 valence electrons. The molecule has 0 atom stereocenters. The highest BCUT2D eigenvalue weighted by atomic mass is 32.2. The number of nitrogens with one attached hydrogen (secondary N) is 1. The molecule has 2 amide bonds. The largest absolute Gasteiger partial charge is 0.497 e. The average Bonchev–Trinajstić information content (AvgIpc) is 3.22. The molecule has 1 aromatic carbocycles. The molecule has 8 nitrogen and oxygen atoms in total. The summed E-state index contributed by atoms with van der Waals surface area (Å²) in [5, 5.41) is 2.88. The van der Waals surface area contributed by atoms with E-state index in [0.717, 1.165) is 24.2 Å². The van der Waals surface area contributed by atoms with Crippen LogP contribution in [0.1, 0.15) is 18.4 Å². The van der Waals surface area contributed by atoms with Crippen molar-refractivity contribution in [1.29, 1.82) is 0 Å². The summed E-state index contributed by atoms with van der Waals surface area (Å²) in [5.41, 5.74) is 0.981. The number of benzene rings is 1. The molecule has 2 saturated heterocycles. The van der Waals surface area contributed by atoms with Crippen molar-refractivity contribution < 1.29 is 17.9 Å². The fourth-order valence-electron chi connectivity index (χ4n) is 3.24. The lowest BCUT2D eigenvalue weighted by molar-refractivity contribution is 0.169. The van der Waals surface area contributed by atoms with Gasteiger partial charge in [0.2, 0.25) is 0 Å². The third kappa shape index (κ3) is 4.28. The van der Waals surface area contributed by atoms with E-state index in [1.807, 2.05) is 24.3 Å². The van der Waals surface area contributed by atoms with Crippen LogP contribution in [0.2, 0.25) is 0 Å². The molecule has 26 heavy (non-hydrogen) atoms. The Hall–Kier alpha value is -1.84. The highest BCUT2D eigenvalue weighted by molar-refractivity contribution is 7.86. The predicted molar refractivity (Wildman–Crippen MR) is 98.1 cm³/mol. The zero-order valence-electron chi connectivity index (χ0n) is 15.1. The number of nitrogens with zero attached hydrogens (tertiary/aromatic N) is 3. The van der Waals surface area contributed by atoms with Crippen LogP contribution in [0.4, 0.5) is 4.79 Å². The number of rotatable bonds is 5. The summed E-state index contributed by atoms with van der Waals surface area (Å²) in [6, 6.07) is 7.34. The lowest BCUT2D eigenvalue weighted by Crippen LogP contribution is -2.55. The van der Waals surface area contributed by atoms with Gasteiger partial charge in [0.1, 0.15) is 5.75 Å². The number of amides is 2. The Labute approximate surface area is 154 Å². The molecule has 0 bridgehead atoms. The number of hydrogen-bond acceptors (Lipinski definition) is 4. The summed E-state index contributed by atoms with van der Waals surface area (Å²) in [7, 11) is -1.76. The number of methoxy groups -OCH3 is 1. The standard InChI is InChI=1S/C17H26N4O4S/c1-25-16-6-4-15(5-7-16)14-18-17(22)19-10-12-21(13-11-19)26(23,24)20-8-2-3-9-20/h4-7H,2-3,8-14H2,1H3,(H,18,22). The molecule has 2 aliphatic rings. The quantitative estimate of drug-likeness (QED) is 0.819. The maximum Gasteiger partial charge on any atom is 0.317 e. The molecular weight excluding hydrogens is 356 g/mol. The van der Waals surface area contributed by atoms with Gasteiger partial charge in [-0.25, -0.2) is 4.79 Å². The molecule has 9 heteroatoms. The van der Waals surface area contributed by atoms with Gasteiger partial charge in [-0.15, -0.1) is 0 Å². The molecule has 0 aromatic heterocycles. The first-order valence-electron chi connectivity index (χ1n) is 8.91. The van der Waals surface area contributed by atoms with Crippen molar-refractivity contribution >= 4 is 16.2 Å². The van der Waals surface area contributed by atoms with Crippen LogP contribution < -0.4 is 10.1 Å². The summed E-state index contributed by atoms with van der Waals surface area (Å²) in [5.74, 6) is 0.774. The zero-order valence-corrected chi connectivity index (χ0v) is 15.9. The molecule has 2 aliphatic heterocycles. The molecule has 0 aliphatic carbocycles. The van der Waals surface area contributed by atoms with E-state index in [9.17, 15) is 13.2 Å². The Morgan fingerprint density at radius 1 is 1.00 bits per heavy atom. The van der Waals surface area contributed by atoms with Gasteiger partial charge in [-0.1, -0.05) is 12.1 Å². The second-order valence-corrected chi connectivity index (χ2v) is 8.44. The summed E-state index contributed by atoms with van der Waals surface area (Å²) < 4.78 is 33.3. The minimum Gasteiger partial charge on any atom is -0.497 e. The van der Waals surface area contributed by atoms with Gasteiger partial charge in [0.25, 0.3) is 10.2 Å². The molecule has 0 radical (unpaired) electrons. The number of carbonyl (C=O) groups excluding carboxylic acids is 1. The van der Waals surface area contributed by atoms with Crippen molar-refractivity contribution in [2.45, 2.75) is 19.4 Å². The van der Waals surface area contributed by atoms with Crippen molar-refractivity contribution in [3.05, 3.63) is 29.8 Å². The van der Waals surface area contributed by atoms with E-state index in [0.29, 0.717) is 45.8 Å². The van der Waals surface area contributed by atoms with E-state index in [1.165, 1.54) is 4.31 Å². The van der Waals surface area contributed by atoms with Crippen LogP contribution in [0, 0.1) is 0 Å². The molecule has 1 aromatic rings. The van der Waals surface area contributed by atoms with Crippen LogP contribution in [-0.2, 0) is 16.8 Å². The van der Waals surface area contributed by atoms with Crippen molar-refractivity contribution in [3.8, 4) is 5.75 Å². The molecule has 0 saturated carbocycles. The SMILES string of the molecule is COc1ccc(CNC(=O)N2CCN(S(=O)(=O)N3CCCC3)CC2)cc1. The van der Waals surface area contributed by atoms with Crippen molar-refractivity contribution in [2.24, 2.45) is 0 Å². The lowest BCUT2D eigenvalue weighted by Gasteiger charge is -2.35. The predicted octanol–water partition coefficient (Wildman–Crippen LogP) is 0.863. The first-order valence-corrected chi connectivity index (χ1v) is 10.3. The van der Waals surface area contributed by atoms with Crippen LogP contribution in [0.15, 0.2) is 24.3 Å². The first kappa shape index (κ1) is 18.9. The zero-order chi connectivity index (χ0) is 18.6. The van der Waals surface area contributed by atoms with Gasteiger partial charge in [-0.05, 0) is 30.5 Å². The van der Waals surface area contributed by atoms with Gasteiger partial charge in [-0.3, -0.25) is 0 Å². The smallest absolute Gasteiger partial charge is 0.317 e. The van der Waals surface area contributed by atoms with Crippen LogP contribution in [0.5, 0.6) is 5.75 Å². The summed E-state index contributed by atoms with van der Waals surface area (Å²) in [6.45, 7) is 3.12. The minimum atomic E-state index is -3.38. The Morgan fingerprint density at radius 2 is 1.58 bits per heavy atom. The molecule has 0 spiro atoms. The third-order valence-electron chi connectivity index (χ3n) is 4.85. The van der Waals surface area contributed by atoms with E-state index in [1.54, 1.807) is 16.3 Å². The number of urea groups is 1. The Morgan fingerprint density at radius 3 is 2.15 bits per heavy atom. The Kier molecular flexibility index (Phi) is 6.00. The van der Waals surface area contributed by atoms with Crippen molar-refractivity contribution in [2.75, 3.05) is 46.4 Å². The van der Waals surface area contributed by atoms with Crippen LogP contribution in [0.3, 0.4) is 0 Å². The number of ether oxygens (including phenoxy) is 1. The first-order chi connectivity index (χ1) is 12.5. The van der Waals surface area contributed by atoms with E-state index in [-0.39, 0.29) is 6.03 Å². The topological polar surface area (TPSA) is 82.2 Å². The van der Waals surface area contributed by atoms with Gasteiger partial charge in [-0.2, -0.15) is 17.0 Å². The second-order valence-electron chi connectivity index (χ2n) is 6.51. The lowest BCUT2D eigenvalue weighted by atomic mass is 10.2. The monoisotopic (exact) mass is 382 g/mol. The fourth-order valence-corrected chi connectivity index (χ4v) is 4.91. The molecule has 1 N–H and O–H groups in total. The molecular formula is C17H26N4O4S. The van der Waals surface area contributed by atoms with Crippen LogP contribution >= 0.6 is 0 Å². The maximum atomic E-state index is 12.5. The maximum absolute atomic E-state index is 12.5. The second kappa shape index (κ2) is 8.24. The number of piperazine rings is 1. The molecule has 0 unspecified atom stereocenters. The minimum absolute atomic E-state index is 0.168. The summed E-state index contributed by atoms with van der Waals surface area (Å²) in [4.78, 5) is 14.0. The van der Waals surface area contributed by atoms with Crippen molar-refractivity contribution in [3.63, 3.8) is 0 Å². The van der Waals surface area contributed by atoms with Crippen LogP contribution in [0.25, 0.3) is 0 Å².